The Kier molecular flexibility index (Phi) is 5.23. The summed E-state index contributed by atoms with van der Waals surface area (Å²) in [5, 5.41) is 1.90. The quantitative estimate of drug-likeness (QED) is 0.843. The summed E-state index contributed by atoms with van der Waals surface area (Å²) in [5.41, 5.74) is 6.85. The van der Waals surface area contributed by atoms with Gasteiger partial charge in [0.1, 0.15) is 0 Å². The van der Waals surface area contributed by atoms with Gasteiger partial charge >= 0.3 is 0 Å². The number of nitrogens with two attached hydrogens (primary N) is 1. The molecule has 1 fully saturated rings. The second kappa shape index (κ2) is 5.90. The third-order valence-electron chi connectivity index (χ3n) is 3.41. The summed E-state index contributed by atoms with van der Waals surface area (Å²) in [4.78, 5) is 14.2. The Morgan fingerprint density at radius 2 is 2.28 bits per heavy atom. The van der Waals surface area contributed by atoms with Gasteiger partial charge in [-0.05, 0) is 33.8 Å². The van der Waals surface area contributed by atoms with Crippen molar-refractivity contribution in [2.45, 2.75) is 26.3 Å². The zero-order chi connectivity index (χ0) is 12.6. The van der Waals surface area contributed by atoms with E-state index in [4.69, 9.17) is 5.73 Å². The molecule has 2 N–H and O–H groups in total. The molecule has 1 aliphatic rings. The topological polar surface area (TPSA) is 46.3 Å². The molecule has 2 heterocycles. The number of carbonyl (C=O) groups is 1. The van der Waals surface area contributed by atoms with E-state index >= 15 is 0 Å². The van der Waals surface area contributed by atoms with E-state index in [1.807, 2.05) is 16.3 Å². The van der Waals surface area contributed by atoms with Gasteiger partial charge < -0.3 is 10.6 Å². The molecule has 0 saturated carbocycles. The summed E-state index contributed by atoms with van der Waals surface area (Å²) in [6, 6.07) is 2.06. The molecular weight excluding hydrogens is 336 g/mol. The first-order valence-electron chi connectivity index (χ1n) is 5.69. The first-order chi connectivity index (χ1) is 7.90. The molecule has 1 aromatic rings. The molecule has 1 unspecified atom stereocenters. The highest BCUT2D eigenvalue weighted by molar-refractivity contribution is 9.11. The maximum absolute atomic E-state index is 12.3. The van der Waals surface area contributed by atoms with Gasteiger partial charge in [-0.2, -0.15) is 0 Å². The largest absolute Gasteiger partial charge is 0.338 e. The van der Waals surface area contributed by atoms with Crippen molar-refractivity contribution in [2.75, 3.05) is 13.1 Å². The van der Waals surface area contributed by atoms with Crippen molar-refractivity contribution in [3.8, 4) is 0 Å². The molecule has 2 rings (SSSR count). The molecule has 0 aliphatic carbocycles. The lowest BCUT2D eigenvalue weighted by atomic mass is 9.79. The second-order valence-corrected chi connectivity index (χ2v) is 7.54. The van der Waals surface area contributed by atoms with E-state index in [9.17, 15) is 4.79 Å². The molecule has 1 atom stereocenters. The summed E-state index contributed by atoms with van der Waals surface area (Å²) in [6.45, 7) is 5.75. The normalized spacial score (nSPS) is 22.4. The van der Waals surface area contributed by atoms with Crippen LogP contribution in [0.3, 0.4) is 0 Å². The van der Waals surface area contributed by atoms with Gasteiger partial charge in [-0.15, -0.1) is 23.7 Å². The maximum atomic E-state index is 12.3. The Hall–Kier alpha value is -0.100. The molecule has 0 spiro atoms. The van der Waals surface area contributed by atoms with E-state index in [1.54, 1.807) is 11.3 Å². The molecule has 18 heavy (non-hydrogen) atoms. The summed E-state index contributed by atoms with van der Waals surface area (Å²) in [7, 11) is 0. The van der Waals surface area contributed by atoms with Crippen LogP contribution in [0, 0.1) is 5.41 Å². The molecule has 102 valence electrons. The third kappa shape index (κ3) is 3.26. The molecule has 1 amide bonds. The van der Waals surface area contributed by atoms with Crippen LogP contribution in [0.25, 0.3) is 0 Å². The van der Waals surface area contributed by atoms with Crippen LogP contribution >= 0.6 is 39.7 Å². The van der Waals surface area contributed by atoms with Crippen molar-refractivity contribution >= 4 is 45.6 Å². The Labute approximate surface area is 126 Å². The first kappa shape index (κ1) is 16.0. The van der Waals surface area contributed by atoms with Crippen molar-refractivity contribution in [2.24, 2.45) is 11.1 Å². The van der Waals surface area contributed by atoms with Crippen molar-refractivity contribution < 1.29 is 4.79 Å². The average molecular weight is 354 g/mol. The standard InChI is InChI=1S/C12H17BrN2OS.ClH/c1-12(2)7-15(4-3-9(12)14)11(16)8-5-10(13)17-6-8;/h5-6,9H,3-4,7,14H2,1-2H3;1H. The lowest BCUT2D eigenvalue weighted by molar-refractivity contribution is 0.0533. The minimum absolute atomic E-state index is 0. The molecular formula is C12H18BrClN2OS. The number of rotatable bonds is 1. The number of halogens is 2. The minimum atomic E-state index is 0. The molecule has 0 radical (unpaired) electrons. The molecule has 0 aromatic carbocycles. The maximum Gasteiger partial charge on any atom is 0.254 e. The average Bonchev–Trinajstić information content (AvgIpc) is 2.68. The van der Waals surface area contributed by atoms with Gasteiger partial charge in [-0.3, -0.25) is 4.79 Å². The van der Waals surface area contributed by atoms with E-state index in [0.717, 1.165) is 28.9 Å². The van der Waals surface area contributed by atoms with E-state index in [1.165, 1.54) is 0 Å². The highest BCUT2D eigenvalue weighted by Gasteiger charge is 2.35. The van der Waals surface area contributed by atoms with Gasteiger partial charge in [0.05, 0.1) is 9.35 Å². The number of thiophene rings is 1. The SMILES string of the molecule is CC1(C)CN(C(=O)c2csc(Br)c2)CCC1N.Cl. The molecule has 6 heteroatoms. The van der Waals surface area contributed by atoms with Crippen LogP contribution in [0.5, 0.6) is 0 Å². The summed E-state index contributed by atoms with van der Waals surface area (Å²) < 4.78 is 0.994. The van der Waals surface area contributed by atoms with Gasteiger partial charge in [-0.25, -0.2) is 0 Å². The number of likely N-dealkylation sites (tertiary alicyclic amines) is 1. The van der Waals surface area contributed by atoms with Gasteiger partial charge in [-0.1, -0.05) is 13.8 Å². The lowest BCUT2D eigenvalue weighted by Gasteiger charge is -2.42. The fourth-order valence-corrected chi connectivity index (χ4v) is 3.28. The highest BCUT2D eigenvalue weighted by Crippen LogP contribution is 2.29. The van der Waals surface area contributed by atoms with Crippen molar-refractivity contribution in [1.29, 1.82) is 0 Å². The fourth-order valence-electron chi connectivity index (χ4n) is 2.15. The van der Waals surface area contributed by atoms with Crippen molar-refractivity contribution in [3.05, 3.63) is 20.8 Å². The zero-order valence-corrected chi connectivity index (χ0v) is 13.7. The van der Waals surface area contributed by atoms with E-state index in [0.29, 0.717) is 0 Å². The number of hydrogen-bond donors (Lipinski definition) is 1. The van der Waals surface area contributed by atoms with E-state index in [-0.39, 0.29) is 29.8 Å². The summed E-state index contributed by atoms with van der Waals surface area (Å²) in [5.74, 6) is 0.118. The number of carbonyl (C=O) groups excluding carboxylic acids is 1. The summed E-state index contributed by atoms with van der Waals surface area (Å²) >= 11 is 4.93. The fraction of sp³-hybridized carbons (Fsp3) is 0.583. The van der Waals surface area contributed by atoms with Crippen molar-refractivity contribution in [1.82, 2.24) is 4.90 Å². The number of hydrogen-bond acceptors (Lipinski definition) is 3. The minimum Gasteiger partial charge on any atom is -0.338 e. The molecule has 0 bridgehead atoms. The molecule has 3 nitrogen and oxygen atoms in total. The molecule has 1 aliphatic heterocycles. The number of piperidine rings is 1. The zero-order valence-electron chi connectivity index (χ0n) is 10.5. The second-order valence-electron chi connectivity index (χ2n) is 5.25. The van der Waals surface area contributed by atoms with Gasteiger partial charge in [0, 0.05) is 24.5 Å². The first-order valence-corrected chi connectivity index (χ1v) is 7.36. The van der Waals surface area contributed by atoms with E-state index in [2.05, 4.69) is 29.8 Å². The Bertz CT molecular complexity index is 435. The highest BCUT2D eigenvalue weighted by atomic mass is 79.9. The predicted octanol–water partition coefficient (Wildman–Crippen LogP) is 3.13. The van der Waals surface area contributed by atoms with Crippen LogP contribution in [0.4, 0.5) is 0 Å². The predicted molar refractivity (Wildman–Crippen MR) is 81.5 cm³/mol. The lowest BCUT2D eigenvalue weighted by Crippen LogP contribution is -2.53. The third-order valence-corrected chi connectivity index (χ3v) is 4.92. The van der Waals surface area contributed by atoms with E-state index < -0.39 is 0 Å². The Morgan fingerprint density at radius 1 is 1.61 bits per heavy atom. The van der Waals surface area contributed by atoms with Crippen LogP contribution in [-0.4, -0.2) is 29.9 Å². The Morgan fingerprint density at radius 3 is 2.78 bits per heavy atom. The van der Waals surface area contributed by atoms with Gasteiger partial charge in [0.25, 0.3) is 5.91 Å². The summed E-state index contributed by atoms with van der Waals surface area (Å²) in [6.07, 6.45) is 0.879. The van der Waals surface area contributed by atoms with Crippen LogP contribution in [0.1, 0.15) is 30.6 Å². The molecule has 1 aromatic heterocycles. The van der Waals surface area contributed by atoms with Gasteiger partial charge in [0.15, 0.2) is 0 Å². The smallest absolute Gasteiger partial charge is 0.254 e. The van der Waals surface area contributed by atoms with Gasteiger partial charge in [0.2, 0.25) is 0 Å². The monoisotopic (exact) mass is 352 g/mol. The van der Waals surface area contributed by atoms with Crippen molar-refractivity contribution in [3.63, 3.8) is 0 Å². The Balaban J connectivity index is 0.00000162. The van der Waals surface area contributed by atoms with Crippen LogP contribution in [0.15, 0.2) is 15.2 Å². The van der Waals surface area contributed by atoms with Crippen LogP contribution < -0.4 is 5.73 Å². The number of amides is 1. The van der Waals surface area contributed by atoms with Crippen LogP contribution in [0.2, 0.25) is 0 Å². The number of nitrogens with zero attached hydrogens (tertiary/aromatic N) is 1. The molecule has 1 saturated heterocycles. The van der Waals surface area contributed by atoms with Crippen LogP contribution in [-0.2, 0) is 0 Å².